The summed E-state index contributed by atoms with van der Waals surface area (Å²) < 4.78 is 12.8. The van der Waals surface area contributed by atoms with Crippen LogP contribution in [0, 0.1) is 17.2 Å². The zero-order valence-electron chi connectivity index (χ0n) is 13.8. The van der Waals surface area contributed by atoms with Crippen molar-refractivity contribution in [2.24, 2.45) is 11.3 Å². The van der Waals surface area contributed by atoms with Crippen LogP contribution >= 0.6 is 0 Å². The summed E-state index contributed by atoms with van der Waals surface area (Å²) in [5.41, 5.74) is 0.884. The van der Waals surface area contributed by atoms with Crippen LogP contribution in [0.5, 0.6) is 0 Å². The van der Waals surface area contributed by atoms with Gasteiger partial charge in [0.1, 0.15) is 5.82 Å². The maximum absolute atomic E-state index is 12.8. The van der Waals surface area contributed by atoms with Crippen LogP contribution in [0.4, 0.5) is 10.1 Å². The van der Waals surface area contributed by atoms with E-state index in [4.69, 9.17) is 0 Å². The minimum atomic E-state index is -0.300. The fraction of sp³-hybridized carbons (Fsp3) is 0.611. The van der Waals surface area contributed by atoms with Crippen LogP contribution in [0.25, 0.3) is 0 Å². The average Bonchev–Trinajstić information content (AvgIpc) is 2.47. The molecule has 2 rings (SSSR count). The standard InChI is InChI=1S/C18H27FN2O/c1-18(2,3)15-6-4-5-7-16(15)20-12-17(22)21-14-10-8-13(19)9-11-14/h8-11,15-16,20H,4-7,12H2,1-3H3,(H,21,22). The van der Waals surface area contributed by atoms with Crippen molar-refractivity contribution in [3.05, 3.63) is 30.1 Å². The van der Waals surface area contributed by atoms with Gasteiger partial charge in [-0.15, -0.1) is 0 Å². The molecule has 1 saturated carbocycles. The second-order valence-corrected chi connectivity index (χ2v) is 7.30. The summed E-state index contributed by atoms with van der Waals surface area (Å²) in [6.07, 6.45) is 4.86. The van der Waals surface area contributed by atoms with Crippen LogP contribution < -0.4 is 10.6 Å². The summed E-state index contributed by atoms with van der Waals surface area (Å²) >= 11 is 0. The molecular weight excluding hydrogens is 279 g/mol. The summed E-state index contributed by atoms with van der Waals surface area (Å²) in [5.74, 6) is 0.219. The molecule has 0 heterocycles. The molecule has 3 nitrogen and oxygen atoms in total. The minimum absolute atomic E-state index is 0.0789. The third kappa shape index (κ3) is 4.80. The van der Waals surface area contributed by atoms with Crippen molar-refractivity contribution < 1.29 is 9.18 Å². The van der Waals surface area contributed by atoms with Crippen molar-refractivity contribution in [1.29, 1.82) is 0 Å². The molecular formula is C18H27FN2O. The summed E-state index contributed by atoms with van der Waals surface area (Å²) in [6.45, 7) is 7.12. The van der Waals surface area contributed by atoms with E-state index in [2.05, 4.69) is 31.4 Å². The molecule has 1 aliphatic carbocycles. The number of carbonyl (C=O) groups is 1. The Bertz CT molecular complexity index is 493. The molecule has 122 valence electrons. The molecule has 1 aromatic carbocycles. The third-order valence-corrected chi connectivity index (χ3v) is 4.53. The number of halogens is 1. The van der Waals surface area contributed by atoms with Crippen LogP contribution in [0.2, 0.25) is 0 Å². The lowest BCUT2D eigenvalue weighted by molar-refractivity contribution is -0.115. The van der Waals surface area contributed by atoms with Gasteiger partial charge in [-0.3, -0.25) is 4.79 Å². The van der Waals surface area contributed by atoms with Gasteiger partial charge in [-0.25, -0.2) is 4.39 Å². The first-order valence-corrected chi connectivity index (χ1v) is 8.15. The lowest BCUT2D eigenvalue weighted by Crippen LogP contribution is -2.46. The van der Waals surface area contributed by atoms with E-state index in [9.17, 15) is 9.18 Å². The Labute approximate surface area is 132 Å². The number of nitrogens with one attached hydrogen (secondary N) is 2. The second-order valence-electron chi connectivity index (χ2n) is 7.30. The Kier molecular flexibility index (Phi) is 5.57. The summed E-state index contributed by atoms with van der Waals surface area (Å²) in [5, 5.41) is 6.22. The predicted octanol–water partition coefficient (Wildman–Crippen LogP) is 3.96. The first kappa shape index (κ1) is 16.9. The number of benzene rings is 1. The van der Waals surface area contributed by atoms with Crippen LogP contribution in [-0.4, -0.2) is 18.5 Å². The fourth-order valence-corrected chi connectivity index (χ4v) is 3.37. The van der Waals surface area contributed by atoms with E-state index < -0.39 is 0 Å². The molecule has 2 unspecified atom stereocenters. The van der Waals surface area contributed by atoms with Gasteiger partial charge >= 0.3 is 0 Å². The van der Waals surface area contributed by atoms with E-state index in [1.165, 1.54) is 31.4 Å². The molecule has 22 heavy (non-hydrogen) atoms. The molecule has 0 aromatic heterocycles. The van der Waals surface area contributed by atoms with Gasteiger partial charge < -0.3 is 10.6 Å². The highest BCUT2D eigenvalue weighted by Crippen LogP contribution is 2.37. The summed E-state index contributed by atoms with van der Waals surface area (Å²) in [4.78, 5) is 12.0. The number of hydrogen-bond donors (Lipinski definition) is 2. The molecule has 0 bridgehead atoms. The maximum atomic E-state index is 12.8. The molecule has 0 aliphatic heterocycles. The van der Waals surface area contributed by atoms with Gasteiger partial charge in [0.05, 0.1) is 6.54 Å². The Morgan fingerprint density at radius 2 is 1.82 bits per heavy atom. The molecule has 1 amide bonds. The van der Waals surface area contributed by atoms with Crippen molar-refractivity contribution in [1.82, 2.24) is 5.32 Å². The van der Waals surface area contributed by atoms with Gasteiger partial charge in [-0.2, -0.15) is 0 Å². The summed E-state index contributed by atoms with van der Waals surface area (Å²) in [6, 6.07) is 6.24. The van der Waals surface area contributed by atoms with Gasteiger partial charge in [0.15, 0.2) is 0 Å². The molecule has 2 atom stereocenters. The highest BCUT2D eigenvalue weighted by molar-refractivity contribution is 5.92. The van der Waals surface area contributed by atoms with Gasteiger partial charge in [-0.05, 0) is 48.4 Å². The zero-order chi connectivity index (χ0) is 16.2. The van der Waals surface area contributed by atoms with E-state index in [0.717, 1.165) is 6.42 Å². The second kappa shape index (κ2) is 7.23. The van der Waals surface area contributed by atoms with E-state index in [1.54, 1.807) is 12.1 Å². The Morgan fingerprint density at radius 3 is 2.45 bits per heavy atom. The average molecular weight is 306 g/mol. The van der Waals surface area contributed by atoms with Gasteiger partial charge in [0.25, 0.3) is 0 Å². The fourth-order valence-electron chi connectivity index (χ4n) is 3.37. The van der Waals surface area contributed by atoms with Crippen molar-refractivity contribution in [3.8, 4) is 0 Å². The van der Waals surface area contributed by atoms with Crippen molar-refractivity contribution >= 4 is 11.6 Å². The summed E-state index contributed by atoms with van der Waals surface area (Å²) in [7, 11) is 0. The van der Waals surface area contributed by atoms with Crippen LogP contribution in [-0.2, 0) is 4.79 Å². The highest BCUT2D eigenvalue weighted by Gasteiger charge is 2.33. The van der Waals surface area contributed by atoms with Gasteiger partial charge in [0, 0.05) is 11.7 Å². The quantitative estimate of drug-likeness (QED) is 0.884. The van der Waals surface area contributed by atoms with Crippen molar-refractivity contribution in [2.45, 2.75) is 52.5 Å². The Hall–Kier alpha value is -1.42. The molecule has 1 aliphatic rings. The normalized spacial score (nSPS) is 22.4. The SMILES string of the molecule is CC(C)(C)C1CCCCC1NCC(=O)Nc1ccc(F)cc1. The van der Waals surface area contributed by atoms with Crippen molar-refractivity contribution in [2.75, 3.05) is 11.9 Å². The van der Waals surface area contributed by atoms with E-state index in [-0.39, 0.29) is 17.1 Å². The lowest BCUT2D eigenvalue weighted by atomic mass is 9.69. The molecule has 0 spiro atoms. The number of carbonyl (C=O) groups excluding carboxylic acids is 1. The zero-order valence-corrected chi connectivity index (χ0v) is 13.8. The van der Waals surface area contributed by atoms with E-state index in [0.29, 0.717) is 24.2 Å². The molecule has 1 aromatic rings. The molecule has 0 saturated heterocycles. The molecule has 1 fully saturated rings. The lowest BCUT2D eigenvalue weighted by Gasteiger charge is -2.40. The Balaban J connectivity index is 1.85. The largest absolute Gasteiger partial charge is 0.325 e. The topological polar surface area (TPSA) is 41.1 Å². The monoisotopic (exact) mass is 306 g/mol. The highest BCUT2D eigenvalue weighted by atomic mass is 19.1. The van der Waals surface area contributed by atoms with Gasteiger partial charge in [-0.1, -0.05) is 33.6 Å². The first-order valence-electron chi connectivity index (χ1n) is 8.15. The Morgan fingerprint density at radius 1 is 1.18 bits per heavy atom. The molecule has 2 N–H and O–H groups in total. The minimum Gasteiger partial charge on any atom is -0.325 e. The molecule has 4 heteroatoms. The van der Waals surface area contributed by atoms with E-state index in [1.807, 2.05) is 0 Å². The van der Waals surface area contributed by atoms with Crippen LogP contribution in [0.15, 0.2) is 24.3 Å². The number of rotatable bonds is 4. The number of hydrogen-bond acceptors (Lipinski definition) is 2. The van der Waals surface area contributed by atoms with E-state index >= 15 is 0 Å². The molecule has 0 radical (unpaired) electrons. The predicted molar refractivity (Wildman–Crippen MR) is 88.2 cm³/mol. The third-order valence-electron chi connectivity index (χ3n) is 4.53. The van der Waals surface area contributed by atoms with Crippen LogP contribution in [0.3, 0.4) is 0 Å². The first-order chi connectivity index (χ1) is 10.4. The van der Waals surface area contributed by atoms with Gasteiger partial charge in [0.2, 0.25) is 5.91 Å². The number of anilines is 1. The smallest absolute Gasteiger partial charge is 0.238 e. The maximum Gasteiger partial charge on any atom is 0.238 e. The van der Waals surface area contributed by atoms with Crippen molar-refractivity contribution in [3.63, 3.8) is 0 Å². The number of amides is 1. The van der Waals surface area contributed by atoms with Crippen LogP contribution in [0.1, 0.15) is 46.5 Å².